The highest BCUT2D eigenvalue weighted by Crippen LogP contribution is 2.25. The lowest BCUT2D eigenvalue weighted by Gasteiger charge is -2.07. The molecular weight excluding hydrogens is 463 g/mol. The largest absolute Gasteiger partial charge is 0.460 e. The molecule has 7 heteroatoms. The van der Waals surface area contributed by atoms with Gasteiger partial charge >= 0.3 is 5.97 Å². The molecule has 166 valence electrons. The van der Waals surface area contributed by atoms with Crippen LogP contribution in [0, 0.1) is 0 Å². The average molecular weight is 481 g/mol. The van der Waals surface area contributed by atoms with E-state index in [1.54, 1.807) is 36.4 Å². The second kappa shape index (κ2) is 9.94. The van der Waals surface area contributed by atoms with Gasteiger partial charge < -0.3 is 13.9 Å². The first-order valence-electron chi connectivity index (χ1n) is 10.1. The molecule has 1 aromatic heterocycles. The molecule has 0 aliphatic rings. The second-order valence-corrected chi connectivity index (χ2v) is 7.93. The van der Waals surface area contributed by atoms with Crippen molar-refractivity contribution in [2.24, 2.45) is 0 Å². The SMILES string of the molecule is CCc1ccc(Oc2coc3cc(OC(=O)/C=C/c4ccc(Cl)c(Cl)c4)ccc3c2=O)cc1. The lowest BCUT2D eigenvalue weighted by molar-refractivity contribution is -0.128. The lowest BCUT2D eigenvalue weighted by atomic mass is 10.2. The van der Waals surface area contributed by atoms with Crippen molar-refractivity contribution in [3.05, 3.63) is 104 Å². The Labute approximate surface area is 199 Å². The molecule has 3 aromatic carbocycles. The molecule has 33 heavy (non-hydrogen) atoms. The van der Waals surface area contributed by atoms with Gasteiger partial charge in [0, 0.05) is 12.1 Å². The van der Waals surface area contributed by atoms with Crippen molar-refractivity contribution in [3.8, 4) is 17.2 Å². The van der Waals surface area contributed by atoms with E-state index in [4.69, 9.17) is 37.1 Å². The van der Waals surface area contributed by atoms with E-state index in [0.29, 0.717) is 26.7 Å². The van der Waals surface area contributed by atoms with Gasteiger partial charge in [-0.2, -0.15) is 0 Å². The van der Waals surface area contributed by atoms with Gasteiger partial charge in [0.15, 0.2) is 0 Å². The minimum atomic E-state index is -0.599. The maximum absolute atomic E-state index is 12.8. The van der Waals surface area contributed by atoms with Crippen LogP contribution in [0.1, 0.15) is 18.1 Å². The summed E-state index contributed by atoms with van der Waals surface area (Å²) in [5.41, 5.74) is 1.81. The van der Waals surface area contributed by atoms with Crippen molar-refractivity contribution in [3.63, 3.8) is 0 Å². The minimum Gasteiger partial charge on any atom is -0.460 e. The molecule has 0 saturated heterocycles. The summed E-state index contributed by atoms with van der Waals surface area (Å²) in [4.78, 5) is 24.9. The Balaban J connectivity index is 1.49. The number of benzene rings is 3. The van der Waals surface area contributed by atoms with Crippen molar-refractivity contribution >= 4 is 46.2 Å². The molecule has 0 aliphatic carbocycles. The van der Waals surface area contributed by atoms with Gasteiger partial charge in [0.1, 0.15) is 23.3 Å². The number of aryl methyl sites for hydroxylation is 1. The summed E-state index contributed by atoms with van der Waals surface area (Å²) >= 11 is 11.9. The minimum absolute atomic E-state index is 0.0704. The third-order valence-electron chi connectivity index (χ3n) is 4.85. The van der Waals surface area contributed by atoms with Crippen LogP contribution in [0.4, 0.5) is 0 Å². The van der Waals surface area contributed by atoms with E-state index in [0.717, 1.165) is 6.42 Å². The van der Waals surface area contributed by atoms with Crippen LogP contribution in [0.25, 0.3) is 17.0 Å². The zero-order chi connectivity index (χ0) is 23.4. The van der Waals surface area contributed by atoms with Gasteiger partial charge in [-0.15, -0.1) is 0 Å². The molecule has 0 fully saturated rings. The van der Waals surface area contributed by atoms with E-state index >= 15 is 0 Å². The molecule has 0 amide bonds. The predicted molar refractivity (Wildman–Crippen MR) is 130 cm³/mol. The van der Waals surface area contributed by atoms with Crippen LogP contribution in [0.15, 0.2) is 82.2 Å². The highest BCUT2D eigenvalue weighted by atomic mass is 35.5. The summed E-state index contributed by atoms with van der Waals surface area (Å²) < 4.78 is 16.5. The van der Waals surface area contributed by atoms with Crippen molar-refractivity contribution in [1.82, 2.24) is 0 Å². The molecule has 5 nitrogen and oxygen atoms in total. The van der Waals surface area contributed by atoms with Gasteiger partial charge in [0.2, 0.25) is 11.2 Å². The maximum atomic E-state index is 12.8. The zero-order valence-corrected chi connectivity index (χ0v) is 19.0. The van der Waals surface area contributed by atoms with E-state index in [9.17, 15) is 9.59 Å². The van der Waals surface area contributed by atoms with Crippen molar-refractivity contribution in [2.45, 2.75) is 13.3 Å². The van der Waals surface area contributed by atoms with Crippen LogP contribution < -0.4 is 14.9 Å². The number of carbonyl (C=O) groups excluding carboxylic acids is 1. The number of esters is 1. The summed E-state index contributed by atoms with van der Waals surface area (Å²) in [7, 11) is 0. The topological polar surface area (TPSA) is 65.7 Å². The van der Waals surface area contributed by atoms with Gasteiger partial charge in [0.05, 0.1) is 15.4 Å². The summed E-state index contributed by atoms with van der Waals surface area (Å²) in [6, 6.07) is 17.0. The van der Waals surface area contributed by atoms with Crippen LogP contribution in [-0.2, 0) is 11.2 Å². The van der Waals surface area contributed by atoms with Crippen LogP contribution >= 0.6 is 23.2 Å². The summed E-state index contributed by atoms with van der Waals surface area (Å²) in [5, 5.41) is 1.12. The van der Waals surface area contributed by atoms with Crippen molar-refractivity contribution < 1.29 is 18.7 Å². The second-order valence-electron chi connectivity index (χ2n) is 7.11. The Morgan fingerprint density at radius 2 is 1.73 bits per heavy atom. The molecule has 1 heterocycles. The van der Waals surface area contributed by atoms with Gasteiger partial charge in [-0.1, -0.05) is 48.3 Å². The number of rotatable bonds is 6. The molecule has 0 radical (unpaired) electrons. The fourth-order valence-electron chi connectivity index (χ4n) is 3.08. The van der Waals surface area contributed by atoms with Crippen LogP contribution in [-0.4, -0.2) is 5.97 Å². The van der Waals surface area contributed by atoms with Gasteiger partial charge in [-0.05, 0) is 60.0 Å². The molecule has 4 rings (SSSR count). The first kappa shape index (κ1) is 22.6. The van der Waals surface area contributed by atoms with Crippen LogP contribution in [0.3, 0.4) is 0 Å². The summed E-state index contributed by atoms with van der Waals surface area (Å²) in [5.74, 6) is 0.246. The maximum Gasteiger partial charge on any atom is 0.336 e. The van der Waals surface area contributed by atoms with Crippen molar-refractivity contribution in [2.75, 3.05) is 0 Å². The highest BCUT2D eigenvalue weighted by Gasteiger charge is 2.11. The van der Waals surface area contributed by atoms with E-state index in [1.165, 1.54) is 36.1 Å². The molecule has 0 unspecified atom stereocenters. The monoisotopic (exact) mass is 480 g/mol. The summed E-state index contributed by atoms with van der Waals surface area (Å²) in [6.45, 7) is 2.06. The Kier molecular flexibility index (Phi) is 6.82. The Bertz CT molecular complexity index is 1400. The molecule has 0 aliphatic heterocycles. The highest BCUT2D eigenvalue weighted by molar-refractivity contribution is 6.42. The third kappa shape index (κ3) is 5.45. The number of hydrogen-bond acceptors (Lipinski definition) is 5. The molecular formula is C26H18Cl2O5. The number of ether oxygens (including phenoxy) is 2. The predicted octanol–water partition coefficient (Wildman–Crippen LogP) is 7.07. The molecule has 4 aromatic rings. The van der Waals surface area contributed by atoms with E-state index < -0.39 is 5.97 Å². The third-order valence-corrected chi connectivity index (χ3v) is 5.59. The average Bonchev–Trinajstić information content (AvgIpc) is 2.82. The standard InChI is InChI=1S/C26H18Cl2O5/c1-2-16-3-7-18(8-4-16)32-24-15-31-23-14-19(9-10-20(23)26(24)30)33-25(29)12-6-17-5-11-21(27)22(28)13-17/h3-15H,2H2,1H3/b12-6+. The normalized spacial score (nSPS) is 11.1. The van der Waals surface area contributed by atoms with Crippen LogP contribution in [0.5, 0.6) is 17.2 Å². The Morgan fingerprint density at radius 3 is 2.45 bits per heavy atom. The quantitative estimate of drug-likeness (QED) is 0.167. The number of halogens is 2. The van der Waals surface area contributed by atoms with Crippen LogP contribution in [0.2, 0.25) is 10.0 Å². The Hall–Kier alpha value is -3.54. The van der Waals surface area contributed by atoms with Gasteiger partial charge in [0.25, 0.3) is 0 Å². The Morgan fingerprint density at radius 1 is 0.970 bits per heavy atom. The number of carbonyl (C=O) groups is 1. The number of hydrogen-bond donors (Lipinski definition) is 0. The van der Waals surface area contributed by atoms with E-state index in [2.05, 4.69) is 6.92 Å². The molecule has 0 atom stereocenters. The molecule has 0 saturated carbocycles. The first-order chi connectivity index (χ1) is 15.9. The first-order valence-corrected chi connectivity index (χ1v) is 10.9. The summed E-state index contributed by atoms with van der Waals surface area (Å²) in [6.07, 6.45) is 4.98. The smallest absolute Gasteiger partial charge is 0.336 e. The van der Waals surface area contributed by atoms with E-state index in [1.807, 2.05) is 12.1 Å². The number of fused-ring (bicyclic) bond motifs is 1. The van der Waals surface area contributed by atoms with Crippen molar-refractivity contribution in [1.29, 1.82) is 0 Å². The zero-order valence-electron chi connectivity index (χ0n) is 17.5. The molecule has 0 N–H and O–H groups in total. The fraction of sp³-hybridized carbons (Fsp3) is 0.0769. The fourth-order valence-corrected chi connectivity index (χ4v) is 3.38. The molecule has 0 spiro atoms. The molecule has 0 bridgehead atoms. The van der Waals surface area contributed by atoms with Gasteiger partial charge in [-0.3, -0.25) is 4.79 Å². The van der Waals surface area contributed by atoms with Gasteiger partial charge in [-0.25, -0.2) is 4.79 Å². The lowest BCUT2D eigenvalue weighted by Crippen LogP contribution is -2.06. The van der Waals surface area contributed by atoms with E-state index in [-0.39, 0.29) is 22.5 Å².